The number of rotatable bonds is 35. The maximum Gasteiger partial charge on any atom is 0.217 e. The minimum Gasteiger partial charge on any atom is -0.394 e. The van der Waals surface area contributed by atoms with Gasteiger partial charge in [-0.2, -0.15) is 0 Å². The molecular weight excluding hydrogens is 1940 g/mol. The third-order valence-corrected chi connectivity index (χ3v) is 26.6. The van der Waals surface area contributed by atoms with E-state index in [1.807, 2.05) is 0 Å². The van der Waals surface area contributed by atoms with Crippen LogP contribution in [0.5, 0.6) is 0 Å². The summed E-state index contributed by atoms with van der Waals surface area (Å²) in [6, 6.07) is -8.19. The molecule has 142 heavy (non-hydrogen) atoms. The van der Waals surface area contributed by atoms with Gasteiger partial charge in [-0.3, -0.25) is 19.2 Å². The number of hydrogen-bond acceptors (Lipinski definition) is 58. The summed E-state index contributed by atoms with van der Waals surface area (Å²) >= 11 is 0. The molecule has 0 bridgehead atoms. The molecule has 62 heteroatoms. The molecule has 60 atom stereocenters. The van der Waals surface area contributed by atoms with Crippen LogP contribution in [0.2, 0.25) is 0 Å². The maximum atomic E-state index is 13.7. The second-order valence-corrected chi connectivity index (χ2v) is 36.5. The molecule has 4 amide bonds. The van der Waals surface area contributed by atoms with Crippen molar-refractivity contribution in [2.24, 2.45) is 0 Å². The molecule has 12 rings (SSSR count). The zero-order valence-electron chi connectivity index (χ0n) is 76.9. The fraction of sp³-hybridized carbons (Fsp3) is 0.950. The quantitative estimate of drug-likeness (QED) is 0.0280. The fourth-order valence-electron chi connectivity index (χ4n) is 18.7. The monoisotopic (exact) mass is 2080 g/mol. The molecule has 62 nitrogen and oxygen atoms in total. The largest absolute Gasteiger partial charge is 0.394 e. The van der Waals surface area contributed by atoms with Crippen LogP contribution < -0.4 is 21.3 Å². The normalized spacial score (nSPS) is 50.9. The van der Waals surface area contributed by atoms with E-state index in [1.165, 1.54) is 6.92 Å². The first-order valence-corrected chi connectivity index (χ1v) is 45.7. The van der Waals surface area contributed by atoms with Crippen molar-refractivity contribution in [1.82, 2.24) is 21.3 Å². The standard InChI is InChI=1S/C80H134N4O58/c1-17-37(97)49(109)54(114)73(121-17)140-66-63(137-71-35(83-22(6)95)61(43(103)27(11-88)125-71)134-76-57(117)52(112)40(100)24(8-85)127-76)45(105)29(13-90)129-78(66)133-59-31(15-92)131-70(33(48(59)108)81-20(4)93)120-16-32-47(107)65(68(142-75-56(116)51(111)39(99)19(3)123-75)80(132-32)136-60-34(82-21(5)94)69(119)124-26(10-87)42(60)102)139-79-67(141-74-55(115)50(110)38(98)18(2)122-74)64(46(106)30(14-91)130-79)138-72-36(84-23(7)96)62(44(104)28(12-89)126-72)135-77-58(118)53(113)41(101)25(9-86)128-77/h17-19,24-80,85-92,97-119H,8-16H2,1-7H3,(H,81,93)(H,82,94)(H,83,95)(H,84,96)/t17-,18-,19-,24+,25+,26+,27+,28+,29+,30+,31+,32+,33+,34+,35+,36+,37+,38+,39+,40-,41-,42-,43-,44-,45-,46-,47-,48+,49+,50+,51+,52-,53-,54-,55-,56-,57+,58+,59+,60+,61+,62+,63-,64-,65-,66+,67+,68+,69?,70+,71+,72+,73-,74-,75-,76+,77+,78-,79-,80-/m0/s1. The SMILES string of the molecule is CC(=O)N[C@H]1[C@H](OC[C@H]2O[C@@H](O[C@H]3[C@@H](O)[C@@H](CO)OC(O)[C@@H]3NC(C)=O)[C@H](O[C@@H]3O[C@@H](C)[C@@H](O)[C@@H](O)[C@@H]3O)[C@@H](O[C@@H]3O[C@H](CO)[C@H](O)[C@H](O[C@H]4O[C@H](CO)[C@H](O)[C@H](O[C@H]5O[C@H](CO)[C@H](O)[C@H](O)[C@H]5O)[C@H]4NC(C)=O)[C@H]3O[C@@H]3O[C@@H](C)[C@@H](O)[C@@H](O)[C@@H]3O)[C@H]2O)O[C@H](CO)[C@@H](O[C@@H]2O[C@H](CO)[C@H](O)[C@H](O[C@H]3O[C@H](CO)[C@H](O)[C@H](O[C@H]4O[C@H](CO)[C@H](O)[C@H](O)[C@H]4O)[C@H]3NC(C)=O)[C@H]2O[C@@H]2O[C@@H](C)[C@@H](O)[C@@H](O)[C@@H]2O)[C@@H]1O. The van der Waals surface area contributed by atoms with Crippen molar-refractivity contribution in [3.8, 4) is 0 Å². The Kier molecular flexibility index (Phi) is 41.2. The van der Waals surface area contributed by atoms with Crippen LogP contribution >= 0.6 is 0 Å². The number of amides is 4. The predicted octanol–water partition coefficient (Wildman–Crippen LogP) is -23.5. The first kappa shape index (κ1) is 116. The molecule has 0 spiro atoms. The van der Waals surface area contributed by atoms with Gasteiger partial charge in [0, 0.05) is 27.7 Å². The zero-order chi connectivity index (χ0) is 104. The number of nitrogens with one attached hydrogen (secondary N) is 4. The molecule has 12 fully saturated rings. The molecule has 822 valence electrons. The Balaban J connectivity index is 0.938. The fourth-order valence-corrected chi connectivity index (χ4v) is 18.7. The zero-order valence-corrected chi connectivity index (χ0v) is 76.9. The third kappa shape index (κ3) is 25.2. The minimum absolute atomic E-state index is 0.874. The van der Waals surface area contributed by atoms with Gasteiger partial charge in [-0.05, 0) is 20.8 Å². The second kappa shape index (κ2) is 50.3. The minimum atomic E-state index is -2.68. The van der Waals surface area contributed by atoms with Crippen LogP contribution in [0.3, 0.4) is 0 Å². The lowest BCUT2D eigenvalue weighted by molar-refractivity contribution is -0.419. The first-order chi connectivity index (χ1) is 67.1. The molecule has 12 heterocycles. The van der Waals surface area contributed by atoms with Gasteiger partial charge in [-0.15, -0.1) is 0 Å². The summed E-state index contributed by atoms with van der Waals surface area (Å²) in [5.74, 6) is -4.08. The molecular formula is C80H134N4O58. The lowest BCUT2D eigenvalue weighted by Crippen LogP contribution is -2.72. The van der Waals surface area contributed by atoms with Crippen LogP contribution in [0.4, 0.5) is 0 Å². The van der Waals surface area contributed by atoms with Crippen LogP contribution in [0.15, 0.2) is 0 Å². The summed E-state index contributed by atoms with van der Waals surface area (Å²) in [4.78, 5) is 53.5. The molecule has 1 unspecified atom stereocenters. The van der Waals surface area contributed by atoms with Gasteiger partial charge in [0.15, 0.2) is 75.5 Å². The van der Waals surface area contributed by atoms with E-state index < -0.39 is 451 Å². The van der Waals surface area contributed by atoms with E-state index in [4.69, 9.17) is 109 Å². The molecule has 12 aliphatic rings. The highest BCUT2D eigenvalue weighted by Crippen LogP contribution is 2.44. The Morgan fingerprint density at radius 3 is 0.746 bits per heavy atom. The molecule has 0 aliphatic carbocycles. The summed E-state index contributed by atoms with van der Waals surface area (Å²) in [5, 5.41) is 362. The molecule has 12 aliphatic heterocycles. The van der Waals surface area contributed by atoms with Gasteiger partial charge < -0.3 is 289 Å². The van der Waals surface area contributed by atoms with Crippen LogP contribution in [-0.4, -0.2) is 610 Å². The number of aliphatic hydroxyl groups is 31. The van der Waals surface area contributed by atoms with E-state index in [-0.39, 0.29) is 0 Å². The van der Waals surface area contributed by atoms with Gasteiger partial charge >= 0.3 is 0 Å². The number of carbonyl (C=O) groups excluding carboxylic acids is 4. The highest BCUT2D eigenvalue weighted by Gasteiger charge is 2.65. The summed E-state index contributed by atoms with van der Waals surface area (Å²) in [6.07, 6.45) is -123. The van der Waals surface area contributed by atoms with Crippen LogP contribution in [0.25, 0.3) is 0 Å². The van der Waals surface area contributed by atoms with Gasteiger partial charge in [0.2, 0.25) is 23.6 Å². The van der Waals surface area contributed by atoms with Gasteiger partial charge in [0.1, 0.15) is 274 Å². The Morgan fingerprint density at radius 1 is 0.197 bits per heavy atom. The van der Waals surface area contributed by atoms with Crippen LogP contribution in [0.1, 0.15) is 48.5 Å². The average molecular weight is 2080 g/mol. The molecule has 35 N–H and O–H groups in total. The van der Waals surface area contributed by atoms with Gasteiger partial charge in [-0.25, -0.2) is 0 Å². The van der Waals surface area contributed by atoms with Crippen molar-refractivity contribution in [3.63, 3.8) is 0 Å². The summed E-state index contributed by atoms with van der Waals surface area (Å²) < 4.78 is 142. The molecule has 0 saturated carbocycles. The van der Waals surface area contributed by atoms with Crippen molar-refractivity contribution >= 4 is 23.6 Å². The number of hydrogen-bond donors (Lipinski definition) is 35. The molecule has 0 aromatic rings. The highest BCUT2D eigenvalue weighted by molar-refractivity contribution is 5.74. The van der Waals surface area contributed by atoms with E-state index in [0.29, 0.717) is 0 Å². The average Bonchev–Trinajstić information content (AvgIpc) is 0.752. The number of carbonyl (C=O) groups is 4. The molecule has 0 aromatic carbocycles. The van der Waals surface area contributed by atoms with Gasteiger partial charge in [0.05, 0.1) is 77.8 Å². The van der Waals surface area contributed by atoms with Crippen molar-refractivity contribution in [1.29, 1.82) is 0 Å². The Hall–Kier alpha value is -4.28. The summed E-state index contributed by atoms with van der Waals surface area (Å²) in [5.41, 5.74) is 0. The highest BCUT2D eigenvalue weighted by atomic mass is 16.8. The van der Waals surface area contributed by atoms with Crippen molar-refractivity contribution in [3.05, 3.63) is 0 Å². The summed E-state index contributed by atoms with van der Waals surface area (Å²) in [7, 11) is 0. The van der Waals surface area contributed by atoms with Gasteiger partial charge in [-0.1, -0.05) is 0 Å². The van der Waals surface area contributed by atoms with E-state index in [1.54, 1.807) is 0 Å². The van der Waals surface area contributed by atoms with E-state index >= 15 is 0 Å². The second-order valence-electron chi connectivity index (χ2n) is 36.5. The summed E-state index contributed by atoms with van der Waals surface area (Å²) in [6.45, 7) is -3.77. The Bertz CT molecular complexity index is 3940. The smallest absolute Gasteiger partial charge is 0.217 e. The first-order valence-electron chi connectivity index (χ1n) is 45.7. The third-order valence-electron chi connectivity index (χ3n) is 26.6. The van der Waals surface area contributed by atoms with Crippen molar-refractivity contribution < 1.29 is 286 Å². The van der Waals surface area contributed by atoms with Crippen LogP contribution in [0, 0.1) is 0 Å². The van der Waals surface area contributed by atoms with Crippen molar-refractivity contribution in [2.75, 3.05) is 59.5 Å². The maximum absolute atomic E-state index is 13.7. The van der Waals surface area contributed by atoms with Crippen LogP contribution in [-0.2, 0) is 128 Å². The number of ether oxygens (including phenoxy) is 23. The predicted molar refractivity (Wildman–Crippen MR) is 437 cm³/mol. The lowest BCUT2D eigenvalue weighted by Gasteiger charge is -2.53. The lowest BCUT2D eigenvalue weighted by atomic mass is 9.93. The molecule has 0 aromatic heterocycles. The molecule has 12 saturated heterocycles. The van der Waals surface area contributed by atoms with E-state index in [2.05, 4.69) is 21.3 Å². The van der Waals surface area contributed by atoms with Gasteiger partial charge in [0.25, 0.3) is 0 Å². The number of aliphatic hydroxyl groups excluding tert-OH is 31. The van der Waals surface area contributed by atoms with E-state index in [0.717, 1.165) is 41.5 Å². The Labute approximate surface area is 805 Å². The Morgan fingerprint density at radius 2 is 0.415 bits per heavy atom. The van der Waals surface area contributed by atoms with E-state index in [9.17, 15) is 177 Å². The van der Waals surface area contributed by atoms with Crippen molar-refractivity contribution in [2.45, 2.75) is 417 Å². The molecule has 0 radical (unpaired) electrons. The topological polar surface area (TPSA) is 956 Å².